The van der Waals surface area contributed by atoms with Gasteiger partial charge in [0.25, 0.3) is 5.56 Å². The van der Waals surface area contributed by atoms with Gasteiger partial charge in [0.1, 0.15) is 0 Å². The second kappa shape index (κ2) is 6.38. The molecule has 0 fully saturated rings. The molecule has 0 aliphatic carbocycles. The van der Waals surface area contributed by atoms with Crippen LogP contribution in [0.5, 0.6) is 0 Å². The number of benzene rings is 1. The predicted octanol–water partition coefficient (Wildman–Crippen LogP) is 3.51. The number of hydrogen-bond acceptors (Lipinski definition) is 3. The van der Waals surface area contributed by atoms with Crippen LogP contribution in [0.2, 0.25) is 5.02 Å². The molecular weight excluding hydrogens is 262 g/mol. The van der Waals surface area contributed by atoms with Crippen molar-refractivity contribution in [3.8, 4) is 0 Å². The zero-order valence-corrected chi connectivity index (χ0v) is 11.5. The first kappa shape index (κ1) is 13.6. The highest BCUT2D eigenvalue weighted by Crippen LogP contribution is 2.16. The molecule has 0 bridgehead atoms. The van der Waals surface area contributed by atoms with Crippen molar-refractivity contribution in [1.29, 1.82) is 0 Å². The number of anilines is 2. The van der Waals surface area contributed by atoms with E-state index in [-0.39, 0.29) is 5.56 Å². The van der Waals surface area contributed by atoms with Crippen LogP contribution in [0.25, 0.3) is 0 Å². The van der Waals surface area contributed by atoms with E-state index in [0.717, 1.165) is 30.6 Å². The number of aromatic nitrogens is 2. The normalized spacial score (nSPS) is 10.4. The Labute approximate surface area is 116 Å². The average molecular weight is 278 g/mol. The van der Waals surface area contributed by atoms with Crippen molar-refractivity contribution in [3.05, 3.63) is 51.4 Å². The molecule has 100 valence electrons. The molecule has 0 radical (unpaired) electrons. The molecule has 1 aromatic carbocycles. The molecule has 2 aromatic rings. The number of hydrogen-bond donors (Lipinski definition) is 2. The van der Waals surface area contributed by atoms with Crippen molar-refractivity contribution < 1.29 is 0 Å². The minimum Gasteiger partial charge on any atom is -0.326 e. The van der Waals surface area contributed by atoms with Gasteiger partial charge in [-0.2, -0.15) is 0 Å². The summed E-state index contributed by atoms with van der Waals surface area (Å²) in [4.78, 5) is 18.6. The van der Waals surface area contributed by atoms with Gasteiger partial charge in [0.05, 0.1) is 0 Å². The monoisotopic (exact) mass is 277 g/mol. The summed E-state index contributed by atoms with van der Waals surface area (Å²) in [6.45, 7) is 2.11. The number of nitrogens with zero attached hydrogens (tertiary/aromatic N) is 1. The summed E-state index contributed by atoms with van der Waals surface area (Å²) in [6, 6.07) is 8.77. The van der Waals surface area contributed by atoms with E-state index in [9.17, 15) is 4.79 Å². The zero-order chi connectivity index (χ0) is 13.7. The van der Waals surface area contributed by atoms with Crippen LogP contribution in [0, 0.1) is 0 Å². The van der Waals surface area contributed by atoms with Crippen molar-refractivity contribution in [1.82, 2.24) is 9.97 Å². The van der Waals surface area contributed by atoms with Crippen LogP contribution in [-0.4, -0.2) is 9.97 Å². The molecule has 2 rings (SSSR count). The highest BCUT2D eigenvalue weighted by Gasteiger charge is 2.02. The Morgan fingerprint density at radius 3 is 2.74 bits per heavy atom. The minimum atomic E-state index is -0.141. The van der Waals surface area contributed by atoms with Gasteiger partial charge in [-0.1, -0.05) is 24.9 Å². The van der Waals surface area contributed by atoms with E-state index in [4.69, 9.17) is 11.6 Å². The van der Waals surface area contributed by atoms with Crippen LogP contribution in [-0.2, 0) is 6.42 Å². The maximum atomic E-state index is 11.6. The van der Waals surface area contributed by atoms with Crippen LogP contribution in [0.3, 0.4) is 0 Å². The number of nitrogens with one attached hydrogen (secondary N) is 2. The average Bonchev–Trinajstić information content (AvgIpc) is 2.38. The summed E-state index contributed by atoms with van der Waals surface area (Å²) in [6.07, 6.45) is 2.92. The smallest absolute Gasteiger partial charge is 0.252 e. The Balaban J connectivity index is 2.17. The van der Waals surface area contributed by atoms with Crippen LogP contribution in [0.4, 0.5) is 11.6 Å². The van der Waals surface area contributed by atoms with E-state index in [1.54, 1.807) is 18.2 Å². The molecule has 0 spiro atoms. The topological polar surface area (TPSA) is 57.8 Å². The first-order valence-electron chi connectivity index (χ1n) is 6.30. The standard InChI is InChI=1S/C14H16ClN3O/c1-2-3-4-12-9-13(19)18-14(17-12)16-11-7-5-10(15)6-8-11/h5-9H,2-4H2,1H3,(H2,16,17,18,19). The molecule has 1 heterocycles. The van der Waals surface area contributed by atoms with Gasteiger partial charge in [-0.25, -0.2) is 4.98 Å². The second-order valence-corrected chi connectivity index (χ2v) is 4.76. The van der Waals surface area contributed by atoms with Crippen molar-refractivity contribution >= 4 is 23.2 Å². The molecular formula is C14H16ClN3O. The maximum absolute atomic E-state index is 11.6. The van der Waals surface area contributed by atoms with E-state index < -0.39 is 0 Å². The molecule has 0 amide bonds. The molecule has 1 aromatic heterocycles. The van der Waals surface area contributed by atoms with Crippen molar-refractivity contribution in [2.45, 2.75) is 26.2 Å². The molecule has 0 aliphatic heterocycles. The fourth-order valence-corrected chi connectivity index (χ4v) is 1.85. The summed E-state index contributed by atoms with van der Waals surface area (Å²) in [5, 5.41) is 3.73. The third-order valence-corrected chi connectivity index (χ3v) is 2.94. The molecule has 0 atom stereocenters. The van der Waals surface area contributed by atoms with E-state index in [0.29, 0.717) is 11.0 Å². The Hall–Kier alpha value is -1.81. The number of rotatable bonds is 5. The molecule has 0 aliphatic rings. The zero-order valence-electron chi connectivity index (χ0n) is 10.7. The largest absolute Gasteiger partial charge is 0.326 e. The number of aromatic amines is 1. The van der Waals surface area contributed by atoms with Crippen molar-refractivity contribution in [2.75, 3.05) is 5.32 Å². The summed E-state index contributed by atoms with van der Waals surface area (Å²) in [5.41, 5.74) is 1.50. The summed E-state index contributed by atoms with van der Waals surface area (Å²) < 4.78 is 0. The van der Waals surface area contributed by atoms with Crippen LogP contribution in [0.15, 0.2) is 35.1 Å². The summed E-state index contributed by atoms with van der Waals surface area (Å²) in [7, 11) is 0. The first-order valence-corrected chi connectivity index (χ1v) is 6.68. The number of unbranched alkanes of at least 4 members (excludes halogenated alkanes) is 1. The van der Waals surface area contributed by atoms with Crippen LogP contribution >= 0.6 is 11.6 Å². The molecule has 5 heteroatoms. The molecule has 4 nitrogen and oxygen atoms in total. The summed E-state index contributed by atoms with van der Waals surface area (Å²) in [5.74, 6) is 0.459. The molecule has 0 saturated carbocycles. The molecule has 19 heavy (non-hydrogen) atoms. The lowest BCUT2D eigenvalue weighted by atomic mass is 10.2. The van der Waals surface area contributed by atoms with E-state index in [2.05, 4.69) is 22.2 Å². The van der Waals surface area contributed by atoms with E-state index in [1.165, 1.54) is 0 Å². The van der Waals surface area contributed by atoms with Gasteiger partial charge in [0, 0.05) is 22.5 Å². The van der Waals surface area contributed by atoms with Crippen molar-refractivity contribution in [3.63, 3.8) is 0 Å². The quantitative estimate of drug-likeness (QED) is 0.879. The fourth-order valence-electron chi connectivity index (χ4n) is 1.72. The number of aryl methyl sites for hydroxylation is 1. The Morgan fingerprint density at radius 1 is 1.32 bits per heavy atom. The van der Waals surface area contributed by atoms with Gasteiger partial charge >= 0.3 is 0 Å². The van der Waals surface area contributed by atoms with E-state index in [1.807, 2.05) is 12.1 Å². The van der Waals surface area contributed by atoms with Gasteiger partial charge in [-0.05, 0) is 37.1 Å². The van der Waals surface area contributed by atoms with Gasteiger partial charge in [0.15, 0.2) is 0 Å². The SMILES string of the molecule is CCCCc1cc(=O)[nH]c(Nc2ccc(Cl)cc2)n1. The first-order chi connectivity index (χ1) is 9.17. The van der Waals surface area contributed by atoms with Gasteiger partial charge in [-0.15, -0.1) is 0 Å². The second-order valence-electron chi connectivity index (χ2n) is 4.32. The number of halogens is 1. The predicted molar refractivity (Wildman–Crippen MR) is 78.2 cm³/mol. The molecule has 2 N–H and O–H groups in total. The third kappa shape index (κ3) is 4.10. The Bertz CT molecular complexity index is 592. The molecule has 0 saturated heterocycles. The molecule has 0 unspecified atom stereocenters. The third-order valence-electron chi connectivity index (χ3n) is 2.69. The van der Waals surface area contributed by atoms with E-state index >= 15 is 0 Å². The highest BCUT2D eigenvalue weighted by atomic mass is 35.5. The van der Waals surface area contributed by atoms with Gasteiger partial charge < -0.3 is 5.32 Å². The Morgan fingerprint density at radius 2 is 2.05 bits per heavy atom. The van der Waals surface area contributed by atoms with Crippen LogP contribution in [0.1, 0.15) is 25.5 Å². The van der Waals surface area contributed by atoms with Crippen LogP contribution < -0.4 is 10.9 Å². The maximum Gasteiger partial charge on any atom is 0.252 e. The number of H-pyrrole nitrogens is 1. The minimum absolute atomic E-state index is 0.141. The van der Waals surface area contributed by atoms with Crippen molar-refractivity contribution in [2.24, 2.45) is 0 Å². The summed E-state index contributed by atoms with van der Waals surface area (Å²) >= 11 is 5.82. The van der Waals surface area contributed by atoms with Gasteiger partial charge in [-0.3, -0.25) is 9.78 Å². The lowest BCUT2D eigenvalue weighted by Crippen LogP contribution is -2.12. The Kier molecular flexibility index (Phi) is 4.58. The van der Waals surface area contributed by atoms with Gasteiger partial charge in [0.2, 0.25) is 5.95 Å². The highest BCUT2D eigenvalue weighted by molar-refractivity contribution is 6.30. The lowest BCUT2D eigenvalue weighted by Gasteiger charge is -2.07. The lowest BCUT2D eigenvalue weighted by molar-refractivity contribution is 0.772. The fraction of sp³-hybridized carbons (Fsp3) is 0.286.